The molecular weight excluding hydrogens is 410 g/mol. The number of aromatic nitrogens is 4. The second-order valence-electron chi connectivity index (χ2n) is 7.31. The van der Waals surface area contributed by atoms with E-state index >= 15 is 0 Å². The normalized spacial score (nSPS) is 12.1. The monoisotopic (exact) mass is 433 g/mol. The van der Waals surface area contributed by atoms with Crippen molar-refractivity contribution in [3.05, 3.63) is 67.1 Å². The lowest BCUT2D eigenvalue weighted by atomic mass is 10.1. The lowest BCUT2D eigenvalue weighted by molar-refractivity contribution is -0.116. The van der Waals surface area contributed by atoms with Crippen molar-refractivity contribution in [2.24, 2.45) is 5.92 Å². The molecule has 1 N–H and O–H groups in total. The van der Waals surface area contributed by atoms with Crippen LogP contribution in [0.4, 0.5) is 5.69 Å². The Balaban J connectivity index is 1.59. The van der Waals surface area contributed by atoms with Gasteiger partial charge in [-0.3, -0.25) is 4.79 Å². The van der Waals surface area contributed by atoms with Gasteiger partial charge >= 0.3 is 0 Å². The number of hydrogen-bond donors (Lipinski definition) is 1. The van der Waals surface area contributed by atoms with Crippen molar-refractivity contribution in [3.8, 4) is 11.4 Å². The molecule has 158 valence electrons. The fourth-order valence-electron chi connectivity index (χ4n) is 3.18. The maximum Gasteiger partial charge on any atom is 0.238 e. The van der Waals surface area contributed by atoms with E-state index in [-0.39, 0.29) is 17.1 Å². The second-order valence-corrected chi connectivity index (χ2v) is 8.44. The molecule has 0 aliphatic carbocycles. The number of benzene rings is 2. The van der Waals surface area contributed by atoms with Gasteiger partial charge in [0.15, 0.2) is 5.65 Å². The molecule has 1 atom stereocenters. The van der Waals surface area contributed by atoms with E-state index in [4.69, 9.17) is 4.74 Å². The van der Waals surface area contributed by atoms with Gasteiger partial charge in [-0.25, -0.2) is 14.6 Å². The van der Waals surface area contributed by atoms with Gasteiger partial charge in [0.25, 0.3) is 0 Å². The minimum Gasteiger partial charge on any atom is -0.497 e. The number of para-hydroxylation sites is 1. The largest absolute Gasteiger partial charge is 0.497 e. The van der Waals surface area contributed by atoms with Crippen LogP contribution in [-0.4, -0.2) is 38.0 Å². The number of nitrogens with zero attached hydrogens (tertiary/aromatic N) is 4. The third kappa shape index (κ3) is 4.54. The standard InChI is InChI=1S/C23H23N5O2S/c1-15(2)20(22(29)27-16-9-11-18(30-3)12-10-16)31-23-19-13-26-28(21(19)24-14-25-23)17-7-5-4-6-8-17/h4-15,20H,1-3H3,(H,27,29)/t20-/m0/s1. The Morgan fingerprint density at radius 1 is 1.06 bits per heavy atom. The van der Waals surface area contributed by atoms with Crippen LogP contribution in [0, 0.1) is 5.92 Å². The van der Waals surface area contributed by atoms with Crippen LogP contribution in [0.5, 0.6) is 5.75 Å². The third-order valence-electron chi connectivity index (χ3n) is 4.79. The van der Waals surface area contributed by atoms with E-state index in [1.54, 1.807) is 18.0 Å². The van der Waals surface area contributed by atoms with Crippen LogP contribution < -0.4 is 10.1 Å². The van der Waals surface area contributed by atoms with Crippen LogP contribution in [0.2, 0.25) is 0 Å². The number of methoxy groups -OCH3 is 1. The van der Waals surface area contributed by atoms with E-state index in [0.717, 1.165) is 27.5 Å². The van der Waals surface area contributed by atoms with Crippen molar-refractivity contribution in [1.29, 1.82) is 0 Å². The highest BCUT2D eigenvalue weighted by atomic mass is 32.2. The first kappa shape index (κ1) is 20.9. The van der Waals surface area contributed by atoms with Gasteiger partial charge < -0.3 is 10.1 Å². The van der Waals surface area contributed by atoms with E-state index in [1.165, 1.54) is 18.1 Å². The molecule has 4 aromatic rings. The highest BCUT2D eigenvalue weighted by molar-refractivity contribution is 8.00. The minimum absolute atomic E-state index is 0.0765. The van der Waals surface area contributed by atoms with Crippen molar-refractivity contribution < 1.29 is 9.53 Å². The number of amides is 1. The van der Waals surface area contributed by atoms with Crippen LogP contribution in [0.1, 0.15) is 13.8 Å². The SMILES string of the molecule is COc1ccc(NC(=O)[C@@H](Sc2ncnc3c2cnn3-c2ccccc2)C(C)C)cc1. The molecule has 0 aliphatic heterocycles. The Hall–Kier alpha value is -3.39. The molecule has 31 heavy (non-hydrogen) atoms. The van der Waals surface area contributed by atoms with Crippen molar-refractivity contribution >= 4 is 34.4 Å². The number of hydrogen-bond acceptors (Lipinski definition) is 6. The van der Waals surface area contributed by atoms with Crippen LogP contribution in [0.3, 0.4) is 0 Å². The summed E-state index contributed by atoms with van der Waals surface area (Å²) in [6.07, 6.45) is 3.27. The summed E-state index contributed by atoms with van der Waals surface area (Å²) in [6, 6.07) is 17.1. The molecule has 2 heterocycles. The first-order chi connectivity index (χ1) is 15.1. The molecule has 0 radical (unpaired) electrons. The van der Waals surface area contributed by atoms with Gasteiger partial charge in [-0.15, -0.1) is 0 Å². The summed E-state index contributed by atoms with van der Waals surface area (Å²) in [5.74, 6) is 0.761. The van der Waals surface area contributed by atoms with Gasteiger partial charge in [-0.2, -0.15) is 5.10 Å². The summed E-state index contributed by atoms with van der Waals surface area (Å²) in [4.78, 5) is 21.9. The molecule has 0 spiro atoms. The van der Waals surface area contributed by atoms with Gasteiger partial charge in [0.2, 0.25) is 5.91 Å². The molecule has 1 amide bonds. The molecule has 4 rings (SSSR count). The van der Waals surface area contributed by atoms with Crippen LogP contribution >= 0.6 is 11.8 Å². The Labute approximate surface area is 184 Å². The predicted octanol–water partition coefficient (Wildman–Crippen LogP) is 4.58. The maximum atomic E-state index is 13.0. The number of nitrogens with one attached hydrogen (secondary N) is 1. The third-order valence-corrected chi connectivity index (χ3v) is 6.35. The number of rotatable bonds is 7. The Bertz CT molecular complexity index is 1180. The summed E-state index contributed by atoms with van der Waals surface area (Å²) < 4.78 is 6.96. The predicted molar refractivity (Wildman–Crippen MR) is 123 cm³/mol. The van der Waals surface area contributed by atoms with Crippen LogP contribution in [0.15, 0.2) is 72.1 Å². The first-order valence-electron chi connectivity index (χ1n) is 9.92. The van der Waals surface area contributed by atoms with Gasteiger partial charge in [-0.05, 0) is 42.3 Å². The molecule has 0 aliphatic rings. The zero-order valence-corrected chi connectivity index (χ0v) is 18.3. The van der Waals surface area contributed by atoms with Gasteiger partial charge in [0.05, 0.1) is 29.6 Å². The highest BCUT2D eigenvalue weighted by Crippen LogP contribution is 2.32. The number of anilines is 1. The fraction of sp³-hybridized carbons (Fsp3) is 0.217. The second kappa shape index (κ2) is 9.18. The molecule has 0 unspecified atom stereocenters. The van der Waals surface area contributed by atoms with E-state index in [0.29, 0.717) is 5.65 Å². The Kier molecular flexibility index (Phi) is 6.18. The zero-order chi connectivity index (χ0) is 21.8. The van der Waals surface area contributed by atoms with Crippen molar-refractivity contribution in [2.45, 2.75) is 24.1 Å². The zero-order valence-electron chi connectivity index (χ0n) is 17.5. The van der Waals surface area contributed by atoms with Gasteiger partial charge in [0.1, 0.15) is 17.1 Å². The number of carbonyl (C=O) groups excluding carboxylic acids is 1. The average molecular weight is 434 g/mol. The number of ether oxygens (including phenoxy) is 1. The molecule has 0 fully saturated rings. The lowest BCUT2D eigenvalue weighted by Gasteiger charge is -2.19. The number of carbonyl (C=O) groups is 1. The van der Waals surface area contributed by atoms with Gasteiger partial charge in [0, 0.05) is 5.69 Å². The molecule has 2 aromatic heterocycles. The summed E-state index contributed by atoms with van der Waals surface area (Å²) in [5, 5.41) is 8.71. The average Bonchev–Trinajstić information content (AvgIpc) is 3.23. The smallest absolute Gasteiger partial charge is 0.238 e. The Morgan fingerprint density at radius 2 is 1.81 bits per heavy atom. The molecule has 0 saturated heterocycles. The van der Waals surface area contributed by atoms with Crippen molar-refractivity contribution in [1.82, 2.24) is 19.7 Å². The summed E-state index contributed by atoms with van der Waals surface area (Å²) in [7, 11) is 1.61. The van der Waals surface area contributed by atoms with Crippen LogP contribution in [-0.2, 0) is 4.79 Å². The Morgan fingerprint density at radius 3 is 2.48 bits per heavy atom. The summed E-state index contributed by atoms with van der Waals surface area (Å²) >= 11 is 1.43. The van der Waals surface area contributed by atoms with Crippen molar-refractivity contribution in [3.63, 3.8) is 0 Å². The van der Waals surface area contributed by atoms with E-state index in [2.05, 4.69) is 20.4 Å². The topological polar surface area (TPSA) is 81.9 Å². The van der Waals surface area contributed by atoms with E-state index < -0.39 is 0 Å². The maximum absolute atomic E-state index is 13.0. The molecule has 7 nitrogen and oxygen atoms in total. The fourth-order valence-corrected chi connectivity index (χ4v) is 4.23. The van der Waals surface area contributed by atoms with E-state index in [9.17, 15) is 4.79 Å². The van der Waals surface area contributed by atoms with E-state index in [1.807, 2.05) is 68.4 Å². The number of thioether (sulfide) groups is 1. The quantitative estimate of drug-likeness (QED) is 0.339. The minimum atomic E-state index is -0.333. The van der Waals surface area contributed by atoms with Crippen molar-refractivity contribution in [2.75, 3.05) is 12.4 Å². The molecule has 2 aromatic carbocycles. The molecule has 8 heteroatoms. The summed E-state index contributed by atoms with van der Waals surface area (Å²) in [5.41, 5.74) is 2.35. The van der Waals surface area contributed by atoms with Gasteiger partial charge in [-0.1, -0.05) is 43.8 Å². The number of fused-ring (bicyclic) bond motifs is 1. The molecule has 0 saturated carbocycles. The lowest BCUT2D eigenvalue weighted by Crippen LogP contribution is -2.29. The molecular formula is C23H23N5O2S. The highest BCUT2D eigenvalue weighted by Gasteiger charge is 2.26. The summed E-state index contributed by atoms with van der Waals surface area (Å²) in [6.45, 7) is 4.05. The molecule has 0 bridgehead atoms. The van der Waals surface area contributed by atoms with Crippen LogP contribution in [0.25, 0.3) is 16.7 Å². The first-order valence-corrected chi connectivity index (χ1v) is 10.8.